The Bertz CT molecular complexity index is 743. The fourth-order valence-electron chi connectivity index (χ4n) is 1.96. The zero-order chi connectivity index (χ0) is 12.5. The Morgan fingerprint density at radius 1 is 1.33 bits per heavy atom. The average molecular weight is 240 g/mol. The maximum absolute atomic E-state index is 12.0. The highest BCUT2D eigenvalue weighted by atomic mass is 16.1. The first-order chi connectivity index (χ1) is 8.78. The fraction of sp³-hybridized carbons (Fsp3) is 0.0769. The lowest BCUT2D eigenvalue weighted by molar-refractivity contribution is 0.881. The second-order valence-electron chi connectivity index (χ2n) is 4.04. The van der Waals surface area contributed by atoms with Crippen LogP contribution in [0, 0.1) is 0 Å². The molecule has 1 aromatic carbocycles. The lowest BCUT2D eigenvalue weighted by Gasteiger charge is -2.05. The number of benzene rings is 1. The van der Waals surface area contributed by atoms with Crippen LogP contribution < -0.4 is 11.2 Å². The first-order valence-electron chi connectivity index (χ1n) is 5.64. The molecule has 0 saturated carbocycles. The van der Waals surface area contributed by atoms with Crippen LogP contribution in [-0.4, -0.2) is 14.8 Å². The molecule has 0 aliphatic rings. The summed E-state index contributed by atoms with van der Waals surface area (Å²) in [6.45, 7) is 0.325. The van der Waals surface area contributed by atoms with Gasteiger partial charge in [-0.15, -0.1) is 0 Å². The second kappa shape index (κ2) is 4.12. The third kappa shape index (κ3) is 1.70. The maximum Gasteiger partial charge on any atom is 0.189 e. The van der Waals surface area contributed by atoms with Gasteiger partial charge in [-0.3, -0.25) is 4.79 Å². The summed E-state index contributed by atoms with van der Waals surface area (Å²) >= 11 is 0. The number of nitrogens with two attached hydrogens (primary N) is 1. The molecule has 0 unspecified atom stereocenters. The number of hydrogen-bond acceptors (Lipinski definition) is 3. The van der Waals surface area contributed by atoms with Gasteiger partial charge in [0.1, 0.15) is 0 Å². The van der Waals surface area contributed by atoms with Gasteiger partial charge in [0, 0.05) is 41.6 Å². The van der Waals surface area contributed by atoms with E-state index < -0.39 is 0 Å². The van der Waals surface area contributed by atoms with Gasteiger partial charge < -0.3 is 10.7 Å². The minimum atomic E-state index is -0.0294. The highest BCUT2D eigenvalue weighted by Crippen LogP contribution is 2.14. The number of aromatic amines is 1. The van der Waals surface area contributed by atoms with E-state index in [-0.39, 0.29) is 5.43 Å². The number of nitrogens with zero attached hydrogens (tertiary/aromatic N) is 2. The Labute approximate surface area is 103 Å². The number of aromatic nitrogens is 3. The van der Waals surface area contributed by atoms with Crippen molar-refractivity contribution in [1.82, 2.24) is 14.8 Å². The van der Waals surface area contributed by atoms with Crippen LogP contribution >= 0.6 is 0 Å². The van der Waals surface area contributed by atoms with E-state index in [0.29, 0.717) is 11.9 Å². The first kappa shape index (κ1) is 10.7. The second-order valence-corrected chi connectivity index (χ2v) is 4.04. The smallest absolute Gasteiger partial charge is 0.189 e. The molecule has 0 aliphatic heterocycles. The Morgan fingerprint density at radius 2 is 2.22 bits per heavy atom. The van der Waals surface area contributed by atoms with E-state index in [1.807, 2.05) is 30.5 Å². The first-order valence-corrected chi connectivity index (χ1v) is 5.64. The van der Waals surface area contributed by atoms with Gasteiger partial charge in [0.2, 0.25) is 0 Å². The van der Waals surface area contributed by atoms with E-state index >= 15 is 0 Å². The van der Waals surface area contributed by atoms with Crippen LogP contribution in [0.5, 0.6) is 0 Å². The summed E-state index contributed by atoms with van der Waals surface area (Å²) in [6.07, 6.45) is 3.54. The maximum atomic E-state index is 12.0. The number of nitrogens with one attached hydrogen (secondary N) is 1. The summed E-state index contributed by atoms with van der Waals surface area (Å²) in [5.41, 5.74) is 7.89. The van der Waals surface area contributed by atoms with Gasteiger partial charge in [0.25, 0.3) is 0 Å². The molecular weight excluding hydrogens is 228 g/mol. The van der Waals surface area contributed by atoms with Crippen LogP contribution in [0.25, 0.3) is 16.6 Å². The lowest BCUT2D eigenvalue weighted by Crippen LogP contribution is -2.09. The lowest BCUT2D eigenvalue weighted by atomic mass is 10.1. The molecule has 90 valence electrons. The normalized spacial score (nSPS) is 10.9. The predicted octanol–water partition coefficient (Wildman–Crippen LogP) is 1.17. The largest absolute Gasteiger partial charge is 0.357 e. The number of H-pyrrole nitrogens is 1. The monoisotopic (exact) mass is 240 g/mol. The number of hydrogen-bond donors (Lipinski definition) is 2. The number of pyridine rings is 1. The van der Waals surface area contributed by atoms with E-state index in [1.54, 1.807) is 10.9 Å². The van der Waals surface area contributed by atoms with Gasteiger partial charge in [-0.25, -0.2) is 4.68 Å². The Hall–Kier alpha value is -2.40. The third-order valence-electron chi connectivity index (χ3n) is 2.86. The quantitative estimate of drug-likeness (QED) is 0.706. The molecule has 0 radical (unpaired) electrons. The predicted molar refractivity (Wildman–Crippen MR) is 69.6 cm³/mol. The van der Waals surface area contributed by atoms with Crippen molar-refractivity contribution >= 4 is 10.9 Å². The molecule has 3 N–H and O–H groups in total. The molecule has 0 aliphatic carbocycles. The molecule has 0 spiro atoms. The standard InChI is InChI=1S/C13H12N4O/c14-8-9-6-13(18)11-7-10(2-3-12(11)16-9)17-5-1-4-15-17/h1-7H,8,14H2,(H,16,18). The molecule has 2 aromatic heterocycles. The molecule has 18 heavy (non-hydrogen) atoms. The summed E-state index contributed by atoms with van der Waals surface area (Å²) in [6, 6.07) is 8.97. The molecule has 0 fully saturated rings. The van der Waals surface area contributed by atoms with E-state index in [0.717, 1.165) is 16.9 Å². The molecule has 5 heteroatoms. The van der Waals surface area contributed by atoms with Gasteiger partial charge in [0.15, 0.2) is 5.43 Å². The molecule has 0 atom stereocenters. The van der Waals surface area contributed by atoms with Crippen molar-refractivity contribution in [3.8, 4) is 5.69 Å². The van der Waals surface area contributed by atoms with Crippen molar-refractivity contribution in [3.05, 3.63) is 58.6 Å². The van der Waals surface area contributed by atoms with Crippen LogP contribution in [0.15, 0.2) is 47.5 Å². The highest BCUT2D eigenvalue weighted by molar-refractivity contribution is 5.80. The molecule has 0 amide bonds. The van der Waals surface area contributed by atoms with Crippen LogP contribution in [0.4, 0.5) is 0 Å². The van der Waals surface area contributed by atoms with Crippen molar-refractivity contribution in [2.24, 2.45) is 5.73 Å². The van der Waals surface area contributed by atoms with Crippen molar-refractivity contribution < 1.29 is 0 Å². The van der Waals surface area contributed by atoms with Crippen LogP contribution in [-0.2, 0) is 6.54 Å². The average Bonchev–Trinajstić information content (AvgIpc) is 2.92. The van der Waals surface area contributed by atoms with E-state index in [4.69, 9.17) is 5.73 Å². The molecule has 0 saturated heterocycles. The summed E-state index contributed by atoms with van der Waals surface area (Å²) in [4.78, 5) is 15.1. The zero-order valence-corrected chi connectivity index (χ0v) is 9.63. The number of rotatable bonds is 2. The molecule has 5 nitrogen and oxygen atoms in total. The Balaban J connectivity index is 2.24. The van der Waals surface area contributed by atoms with Crippen molar-refractivity contribution in [2.45, 2.75) is 6.54 Å². The summed E-state index contributed by atoms with van der Waals surface area (Å²) in [5, 5.41) is 4.78. The summed E-state index contributed by atoms with van der Waals surface area (Å²) in [7, 11) is 0. The molecule has 3 aromatic rings. The number of fused-ring (bicyclic) bond motifs is 1. The minimum absolute atomic E-state index is 0.0294. The van der Waals surface area contributed by atoms with E-state index in [9.17, 15) is 4.79 Å². The molecule has 0 bridgehead atoms. The van der Waals surface area contributed by atoms with Crippen molar-refractivity contribution in [1.29, 1.82) is 0 Å². The fourth-order valence-corrected chi connectivity index (χ4v) is 1.96. The minimum Gasteiger partial charge on any atom is -0.357 e. The summed E-state index contributed by atoms with van der Waals surface area (Å²) in [5.74, 6) is 0. The van der Waals surface area contributed by atoms with Crippen molar-refractivity contribution in [3.63, 3.8) is 0 Å². The van der Waals surface area contributed by atoms with E-state index in [2.05, 4.69) is 10.1 Å². The highest BCUT2D eigenvalue weighted by Gasteiger charge is 2.04. The van der Waals surface area contributed by atoms with Crippen LogP contribution in [0.3, 0.4) is 0 Å². The molecule has 3 rings (SSSR count). The molecular formula is C13H12N4O. The molecule has 2 heterocycles. The van der Waals surface area contributed by atoms with E-state index in [1.165, 1.54) is 6.07 Å². The topological polar surface area (TPSA) is 76.7 Å². The van der Waals surface area contributed by atoms with Crippen LogP contribution in [0.1, 0.15) is 5.69 Å². The van der Waals surface area contributed by atoms with Gasteiger partial charge >= 0.3 is 0 Å². The third-order valence-corrected chi connectivity index (χ3v) is 2.86. The SMILES string of the molecule is NCc1cc(=O)c2cc(-n3cccn3)ccc2[nH]1. The van der Waals surface area contributed by atoms with Crippen molar-refractivity contribution in [2.75, 3.05) is 0 Å². The van der Waals surface area contributed by atoms with Gasteiger partial charge in [0.05, 0.1) is 5.69 Å². The van der Waals surface area contributed by atoms with Gasteiger partial charge in [-0.2, -0.15) is 5.10 Å². The zero-order valence-electron chi connectivity index (χ0n) is 9.63. The summed E-state index contributed by atoms with van der Waals surface area (Å²) < 4.78 is 1.72. The Kier molecular flexibility index (Phi) is 2.46. The Morgan fingerprint density at radius 3 is 2.94 bits per heavy atom. The van der Waals surface area contributed by atoms with Crippen LogP contribution in [0.2, 0.25) is 0 Å². The van der Waals surface area contributed by atoms with Gasteiger partial charge in [-0.05, 0) is 24.3 Å². The van der Waals surface area contributed by atoms with Gasteiger partial charge in [-0.1, -0.05) is 0 Å².